The fourth-order valence-corrected chi connectivity index (χ4v) is 1.86. The molecule has 14 heavy (non-hydrogen) atoms. The summed E-state index contributed by atoms with van der Waals surface area (Å²) in [7, 11) is 0. The van der Waals surface area contributed by atoms with Crippen molar-refractivity contribution in [3.8, 4) is 0 Å². The van der Waals surface area contributed by atoms with Crippen LogP contribution in [0, 0.1) is 0 Å². The number of aliphatic carboxylic acids is 1. The Morgan fingerprint density at radius 1 is 1.64 bits per heavy atom. The average Bonchev–Trinajstić information content (AvgIpc) is 2.48. The molecule has 1 aromatic rings. The topological polar surface area (TPSA) is 50.4 Å². The Hall–Kier alpha value is -0.420. The van der Waals surface area contributed by atoms with Crippen LogP contribution in [0.25, 0.3) is 0 Å². The molecule has 0 saturated carbocycles. The van der Waals surface area contributed by atoms with Crippen molar-refractivity contribution >= 4 is 33.7 Å². The van der Waals surface area contributed by atoms with Gasteiger partial charge in [0.15, 0.2) is 4.67 Å². The fraction of sp³-hybridized carbons (Fsp3) is 0.444. The van der Waals surface area contributed by atoms with Crippen LogP contribution in [0.1, 0.15) is 19.6 Å². The van der Waals surface area contributed by atoms with Gasteiger partial charge in [0, 0.05) is 0 Å². The number of thioether (sulfide) groups is 1. The maximum absolute atomic E-state index is 10.8. The maximum atomic E-state index is 10.8. The molecule has 0 saturated heterocycles. The molecule has 5 heteroatoms. The number of hydrogen-bond acceptors (Lipinski definition) is 3. The minimum Gasteiger partial charge on any atom is -0.480 e. The van der Waals surface area contributed by atoms with Crippen LogP contribution in [0.4, 0.5) is 0 Å². The van der Waals surface area contributed by atoms with Gasteiger partial charge in [0.2, 0.25) is 0 Å². The summed E-state index contributed by atoms with van der Waals surface area (Å²) < 4.78 is 5.15. The molecule has 0 spiro atoms. The van der Waals surface area contributed by atoms with E-state index in [1.807, 2.05) is 6.07 Å². The number of rotatable bonds is 4. The second-order valence-corrected chi connectivity index (χ2v) is 5.69. The van der Waals surface area contributed by atoms with Crippen LogP contribution in [-0.4, -0.2) is 15.8 Å². The van der Waals surface area contributed by atoms with E-state index in [1.165, 1.54) is 11.8 Å². The molecule has 0 aromatic carbocycles. The van der Waals surface area contributed by atoms with Gasteiger partial charge < -0.3 is 9.52 Å². The fourth-order valence-electron chi connectivity index (χ4n) is 0.743. The second kappa shape index (κ2) is 4.40. The SMILES string of the molecule is CC(C)(SCc1ccc(Br)o1)C(=O)O. The Morgan fingerprint density at radius 2 is 2.29 bits per heavy atom. The molecule has 3 nitrogen and oxygen atoms in total. The zero-order valence-corrected chi connectivity index (χ0v) is 10.3. The third-order valence-electron chi connectivity index (χ3n) is 1.72. The van der Waals surface area contributed by atoms with Gasteiger partial charge in [0.25, 0.3) is 0 Å². The molecule has 0 bridgehead atoms. The first kappa shape index (κ1) is 11.7. The van der Waals surface area contributed by atoms with Crippen LogP contribution in [0.3, 0.4) is 0 Å². The Morgan fingerprint density at radius 3 is 2.71 bits per heavy atom. The molecule has 0 radical (unpaired) electrons. The summed E-state index contributed by atoms with van der Waals surface area (Å²) in [4.78, 5) is 10.8. The molecule has 0 aliphatic rings. The highest BCUT2D eigenvalue weighted by Crippen LogP contribution is 2.29. The molecule has 0 fully saturated rings. The first-order valence-electron chi connectivity index (χ1n) is 4.03. The molecule has 0 aliphatic heterocycles. The molecule has 1 heterocycles. The first-order chi connectivity index (χ1) is 6.42. The van der Waals surface area contributed by atoms with Crippen LogP contribution >= 0.6 is 27.7 Å². The van der Waals surface area contributed by atoms with E-state index in [2.05, 4.69) is 15.9 Å². The Kier molecular flexibility index (Phi) is 3.66. The summed E-state index contributed by atoms with van der Waals surface area (Å²) >= 11 is 4.53. The monoisotopic (exact) mass is 278 g/mol. The van der Waals surface area contributed by atoms with Crippen molar-refractivity contribution in [2.75, 3.05) is 0 Å². The third-order valence-corrected chi connectivity index (χ3v) is 3.47. The Balaban J connectivity index is 2.52. The minimum absolute atomic E-state index is 0.560. The van der Waals surface area contributed by atoms with Crippen LogP contribution in [-0.2, 0) is 10.5 Å². The Bertz CT molecular complexity index is 333. The molecule has 0 unspecified atom stereocenters. The molecule has 1 aromatic heterocycles. The second-order valence-electron chi connectivity index (χ2n) is 3.31. The number of hydrogen-bond donors (Lipinski definition) is 1. The largest absolute Gasteiger partial charge is 0.480 e. The molecular weight excluding hydrogens is 268 g/mol. The summed E-state index contributed by atoms with van der Waals surface area (Å²) in [5.41, 5.74) is 0. The number of furan rings is 1. The summed E-state index contributed by atoms with van der Waals surface area (Å²) in [5, 5.41) is 8.86. The van der Waals surface area contributed by atoms with Crippen LogP contribution in [0.2, 0.25) is 0 Å². The van der Waals surface area contributed by atoms with Gasteiger partial charge in [-0.1, -0.05) is 0 Å². The summed E-state index contributed by atoms with van der Waals surface area (Å²) in [6, 6.07) is 3.62. The first-order valence-corrected chi connectivity index (χ1v) is 5.81. The molecule has 78 valence electrons. The number of carboxylic acid groups (broad SMARTS) is 1. The van der Waals surface area contributed by atoms with Crippen LogP contribution in [0.15, 0.2) is 21.2 Å². The van der Waals surface area contributed by atoms with Gasteiger partial charge in [-0.05, 0) is 41.9 Å². The van der Waals surface area contributed by atoms with Gasteiger partial charge in [-0.15, -0.1) is 11.8 Å². The van der Waals surface area contributed by atoms with E-state index >= 15 is 0 Å². The van der Waals surface area contributed by atoms with Crippen molar-refractivity contribution in [1.82, 2.24) is 0 Å². The van der Waals surface area contributed by atoms with Crippen molar-refractivity contribution in [1.29, 1.82) is 0 Å². The lowest BCUT2D eigenvalue weighted by atomic mass is 10.2. The maximum Gasteiger partial charge on any atom is 0.319 e. The number of carbonyl (C=O) groups is 1. The van der Waals surface area contributed by atoms with Crippen molar-refractivity contribution in [3.63, 3.8) is 0 Å². The smallest absolute Gasteiger partial charge is 0.319 e. The van der Waals surface area contributed by atoms with E-state index in [4.69, 9.17) is 9.52 Å². The zero-order chi connectivity index (χ0) is 10.8. The molecule has 0 amide bonds. The predicted octanol–water partition coefficient (Wildman–Crippen LogP) is 3.14. The lowest BCUT2D eigenvalue weighted by molar-refractivity contribution is -0.138. The van der Waals surface area contributed by atoms with Crippen molar-refractivity contribution in [2.45, 2.75) is 24.3 Å². The summed E-state index contributed by atoms with van der Waals surface area (Å²) in [6.45, 7) is 3.36. The molecular formula is C9H11BrO3S. The van der Waals surface area contributed by atoms with Gasteiger partial charge in [0.1, 0.15) is 10.5 Å². The van der Waals surface area contributed by atoms with Crippen LogP contribution < -0.4 is 0 Å². The highest BCUT2D eigenvalue weighted by atomic mass is 79.9. The molecule has 0 aliphatic carbocycles. The highest BCUT2D eigenvalue weighted by molar-refractivity contribution is 9.10. The van der Waals surface area contributed by atoms with Gasteiger partial charge in [0.05, 0.1) is 5.75 Å². The standard InChI is InChI=1S/C9H11BrO3S/c1-9(2,8(11)12)14-5-6-3-4-7(10)13-6/h3-4H,5H2,1-2H3,(H,11,12). The van der Waals surface area contributed by atoms with E-state index in [1.54, 1.807) is 19.9 Å². The molecule has 0 atom stereocenters. The Labute approximate surface area is 95.0 Å². The van der Waals surface area contributed by atoms with Crippen LogP contribution in [0.5, 0.6) is 0 Å². The van der Waals surface area contributed by atoms with Crippen molar-refractivity contribution in [2.24, 2.45) is 0 Å². The minimum atomic E-state index is -0.812. The van der Waals surface area contributed by atoms with E-state index in [0.29, 0.717) is 10.4 Å². The zero-order valence-electron chi connectivity index (χ0n) is 7.91. The quantitative estimate of drug-likeness (QED) is 0.919. The van der Waals surface area contributed by atoms with Crippen molar-refractivity contribution < 1.29 is 14.3 Å². The normalized spacial score (nSPS) is 11.6. The number of carboxylic acids is 1. The van der Waals surface area contributed by atoms with E-state index in [0.717, 1.165) is 5.76 Å². The molecule has 1 rings (SSSR count). The highest BCUT2D eigenvalue weighted by Gasteiger charge is 2.27. The van der Waals surface area contributed by atoms with E-state index in [9.17, 15) is 4.79 Å². The van der Waals surface area contributed by atoms with Gasteiger partial charge in [-0.25, -0.2) is 0 Å². The van der Waals surface area contributed by atoms with Gasteiger partial charge >= 0.3 is 5.97 Å². The predicted molar refractivity (Wildman–Crippen MR) is 59.4 cm³/mol. The molecule has 1 N–H and O–H groups in total. The van der Waals surface area contributed by atoms with E-state index in [-0.39, 0.29) is 0 Å². The van der Waals surface area contributed by atoms with Gasteiger partial charge in [-0.2, -0.15) is 0 Å². The number of halogens is 1. The summed E-state index contributed by atoms with van der Waals surface area (Å²) in [5.74, 6) is 0.523. The van der Waals surface area contributed by atoms with Crippen molar-refractivity contribution in [3.05, 3.63) is 22.6 Å². The lowest BCUT2D eigenvalue weighted by Gasteiger charge is -2.17. The summed E-state index contributed by atoms with van der Waals surface area (Å²) in [6.07, 6.45) is 0. The third kappa shape index (κ3) is 3.06. The van der Waals surface area contributed by atoms with Gasteiger partial charge in [-0.3, -0.25) is 4.79 Å². The average molecular weight is 279 g/mol. The lowest BCUT2D eigenvalue weighted by Crippen LogP contribution is -2.27. The van der Waals surface area contributed by atoms with E-state index < -0.39 is 10.7 Å².